The van der Waals surface area contributed by atoms with Crippen molar-refractivity contribution in [2.45, 2.75) is 13.1 Å². The molecule has 0 amide bonds. The molecule has 0 saturated heterocycles. The third kappa shape index (κ3) is 8.14. The molecule has 0 radical (unpaired) electrons. The molecule has 0 aliphatic carbocycles. The number of nitrogens with one attached hydrogen (secondary N) is 1. The largest absolute Gasteiger partial charge is 0.396 e. The van der Waals surface area contributed by atoms with Gasteiger partial charge >= 0.3 is 11.4 Å². The van der Waals surface area contributed by atoms with Crippen molar-refractivity contribution in [3.8, 4) is 0 Å². The van der Waals surface area contributed by atoms with E-state index in [4.69, 9.17) is 5.73 Å². The van der Waals surface area contributed by atoms with Crippen molar-refractivity contribution in [3.05, 3.63) is 118 Å². The van der Waals surface area contributed by atoms with Crippen LogP contribution in [0, 0.1) is 20.2 Å². The molecule has 15 heteroatoms. The summed E-state index contributed by atoms with van der Waals surface area (Å²) in [7, 11) is 0. The topological polar surface area (TPSA) is 202 Å². The molecule has 36 heavy (non-hydrogen) atoms. The molecule has 0 unspecified atom stereocenters. The van der Waals surface area contributed by atoms with Gasteiger partial charge in [-0.2, -0.15) is 15.3 Å². The van der Waals surface area contributed by atoms with Gasteiger partial charge in [0.1, 0.15) is 18.6 Å². The maximum Gasteiger partial charge on any atom is 0.307 e. The Hall–Kier alpha value is -5.47. The number of pyridine rings is 2. The van der Waals surface area contributed by atoms with Gasteiger partial charge in [-0.1, -0.05) is 0 Å². The Morgan fingerprint density at radius 3 is 1.69 bits per heavy atom. The molecule has 15 nitrogen and oxygen atoms in total. The van der Waals surface area contributed by atoms with E-state index in [1.807, 2.05) is 24.3 Å². The first-order chi connectivity index (χ1) is 17.4. The normalized spacial score (nSPS) is 9.89. The number of hydrogen-bond acceptors (Lipinski definition) is 10. The number of anilines is 1. The zero-order valence-electron chi connectivity index (χ0n) is 18.7. The van der Waals surface area contributed by atoms with E-state index in [1.165, 1.54) is 23.3 Å². The van der Waals surface area contributed by atoms with Crippen LogP contribution in [0.5, 0.6) is 0 Å². The first-order valence-corrected chi connectivity index (χ1v) is 10.3. The van der Waals surface area contributed by atoms with Crippen LogP contribution in [0.1, 0.15) is 11.1 Å². The van der Waals surface area contributed by atoms with Crippen LogP contribution in [0.4, 0.5) is 17.1 Å². The average molecular weight is 491 g/mol. The maximum atomic E-state index is 10.4. The molecule has 0 fully saturated rings. The van der Waals surface area contributed by atoms with Gasteiger partial charge in [0.05, 0.1) is 41.0 Å². The summed E-state index contributed by atoms with van der Waals surface area (Å²) in [6, 6.07) is 7.59. The van der Waals surface area contributed by atoms with Crippen LogP contribution in [0.25, 0.3) is 0 Å². The minimum Gasteiger partial charge on any atom is -0.396 e. The van der Waals surface area contributed by atoms with Crippen molar-refractivity contribution in [1.29, 1.82) is 0 Å². The molecule has 5 heterocycles. The third-order valence-electron chi connectivity index (χ3n) is 4.37. The lowest BCUT2D eigenvalue weighted by Gasteiger charge is -1.99. The monoisotopic (exact) mass is 491 g/mol. The number of aromatic nitrogens is 8. The molecule has 0 saturated carbocycles. The van der Waals surface area contributed by atoms with Crippen LogP contribution >= 0.6 is 0 Å². The minimum absolute atomic E-state index is 0.00376. The molecule has 3 N–H and O–H groups in total. The Labute approximate surface area is 203 Å². The zero-order chi connectivity index (χ0) is 25.8. The molecule has 5 aromatic heterocycles. The molecule has 0 aliphatic heterocycles. The second-order valence-corrected chi connectivity index (χ2v) is 7.05. The highest BCUT2D eigenvalue weighted by Crippen LogP contribution is 2.09. The summed E-state index contributed by atoms with van der Waals surface area (Å²) in [5.74, 6) is 0. The van der Waals surface area contributed by atoms with E-state index in [0.717, 1.165) is 23.9 Å². The van der Waals surface area contributed by atoms with Crippen LogP contribution < -0.4 is 5.73 Å². The molecule has 0 atom stereocenters. The van der Waals surface area contributed by atoms with Crippen LogP contribution in [0.3, 0.4) is 0 Å². The quantitative estimate of drug-likeness (QED) is 0.262. The van der Waals surface area contributed by atoms with Gasteiger partial charge in [-0.3, -0.25) is 44.7 Å². The number of nitrogen functional groups attached to an aromatic ring is 1. The van der Waals surface area contributed by atoms with Gasteiger partial charge in [-0.05, 0) is 35.4 Å². The SMILES string of the molecule is Nc1cnn(Cc2ccncc2)c1.O=[N+]([O-])c1cn[nH]c1.O=[N+]([O-])c1cnn(Cc2ccncc2)c1. The lowest BCUT2D eigenvalue weighted by Crippen LogP contribution is -1.99. The highest BCUT2D eigenvalue weighted by molar-refractivity contribution is 5.30. The van der Waals surface area contributed by atoms with E-state index < -0.39 is 9.85 Å². The standard InChI is InChI=1S/C9H8N4O2.C9H10N4.C3H3N3O2/c14-13(15)9-5-11-12(7-9)6-8-1-3-10-4-2-8;10-9-5-12-13(7-9)6-8-1-3-11-4-2-8;7-6(8)3-1-4-5-2-3/h1-5,7H,6H2;1-5,7H,6,10H2;1-2H,(H,4,5). The van der Waals surface area contributed by atoms with Gasteiger partial charge in [0.25, 0.3) is 0 Å². The molecule has 184 valence electrons. The molecule has 0 aliphatic rings. The molecule has 5 rings (SSSR count). The fourth-order valence-electron chi connectivity index (χ4n) is 2.69. The summed E-state index contributed by atoms with van der Waals surface area (Å²) < 4.78 is 3.32. The van der Waals surface area contributed by atoms with E-state index in [0.29, 0.717) is 12.2 Å². The van der Waals surface area contributed by atoms with Gasteiger partial charge in [0.15, 0.2) is 0 Å². The Morgan fingerprint density at radius 2 is 1.31 bits per heavy atom. The van der Waals surface area contributed by atoms with Gasteiger partial charge in [0.2, 0.25) is 0 Å². The van der Waals surface area contributed by atoms with E-state index in [-0.39, 0.29) is 11.4 Å². The predicted octanol–water partition coefficient (Wildman–Crippen LogP) is 2.46. The Morgan fingerprint density at radius 1 is 0.778 bits per heavy atom. The summed E-state index contributed by atoms with van der Waals surface area (Å²) in [5.41, 5.74) is 8.39. The Kier molecular flexibility index (Phi) is 8.86. The third-order valence-corrected chi connectivity index (χ3v) is 4.37. The van der Waals surface area contributed by atoms with Crippen molar-refractivity contribution < 1.29 is 9.85 Å². The van der Waals surface area contributed by atoms with Gasteiger partial charge in [-0.25, -0.2) is 0 Å². The predicted molar refractivity (Wildman–Crippen MR) is 127 cm³/mol. The summed E-state index contributed by atoms with van der Waals surface area (Å²) in [6.45, 7) is 1.25. The van der Waals surface area contributed by atoms with Crippen molar-refractivity contribution in [2.24, 2.45) is 0 Å². The van der Waals surface area contributed by atoms with E-state index in [1.54, 1.807) is 41.9 Å². The Balaban J connectivity index is 0.000000157. The Bertz CT molecular complexity index is 1350. The van der Waals surface area contributed by atoms with Crippen molar-refractivity contribution in [3.63, 3.8) is 0 Å². The van der Waals surface area contributed by atoms with Crippen LogP contribution in [-0.2, 0) is 13.1 Å². The first-order valence-electron chi connectivity index (χ1n) is 10.3. The zero-order valence-corrected chi connectivity index (χ0v) is 18.7. The van der Waals surface area contributed by atoms with Crippen molar-refractivity contribution in [2.75, 3.05) is 5.73 Å². The van der Waals surface area contributed by atoms with Gasteiger partial charge in [-0.15, -0.1) is 0 Å². The van der Waals surface area contributed by atoms with Gasteiger partial charge < -0.3 is 5.73 Å². The smallest absolute Gasteiger partial charge is 0.307 e. The average Bonchev–Trinajstić information content (AvgIpc) is 3.64. The molecule has 0 spiro atoms. The van der Waals surface area contributed by atoms with Crippen LogP contribution in [0.2, 0.25) is 0 Å². The second-order valence-electron chi connectivity index (χ2n) is 7.05. The van der Waals surface area contributed by atoms with E-state index in [9.17, 15) is 20.2 Å². The van der Waals surface area contributed by atoms with Gasteiger partial charge in [0, 0.05) is 31.0 Å². The maximum absolute atomic E-state index is 10.4. The molecule has 0 aromatic carbocycles. The molecular weight excluding hydrogens is 470 g/mol. The first kappa shape index (κ1) is 25.2. The van der Waals surface area contributed by atoms with Crippen molar-refractivity contribution in [1.82, 2.24) is 39.7 Å². The second kappa shape index (κ2) is 12.7. The number of hydrogen-bond donors (Lipinski definition) is 2. The number of H-pyrrole nitrogens is 1. The fourth-order valence-corrected chi connectivity index (χ4v) is 2.69. The fraction of sp³-hybridized carbons (Fsp3) is 0.0952. The molecule has 0 bridgehead atoms. The lowest BCUT2D eigenvalue weighted by atomic mass is 10.3. The number of rotatable bonds is 6. The van der Waals surface area contributed by atoms with E-state index in [2.05, 4.69) is 30.4 Å². The highest BCUT2D eigenvalue weighted by atomic mass is 16.6. The lowest BCUT2D eigenvalue weighted by molar-refractivity contribution is -0.385. The van der Waals surface area contributed by atoms with Crippen LogP contribution in [0.15, 0.2) is 86.2 Å². The molecular formula is C21H21N11O4. The number of aromatic amines is 1. The summed E-state index contributed by atoms with van der Waals surface area (Å²) >= 11 is 0. The van der Waals surface area contributed by atoms with E-state index >= 15 is 0 Å². The highest BCUT2D eigenvalue weighted by Gasteiger charge is 2.08. The number of nitro groups is 2. The van der Waals surface area contributed by atoms with Crippen molar-refractivity contribution >= 4 is 17.1 Å². The summed E-state index contributed by atoms with van der Waals surface area (Å²) in [4.78, 5) is 27.1. The number of nitrogens with two attached hydrogens (primary N) is 1. The molecule has 5 aromatic rings. The summed E-state index contributed by atoms with van der Waals surface area (Å²) in [5, 5.41) is 33.9. The number of nitrogens with zero attached hydrogens (tertiary/aromatic N) is 9. The van der Waals surface area contributed by atoms with Crippen LogP contribution in [-0.4, -0.2) is 49.6 Å². The minimum atomic E-state index is -0.510. The summed E-state index contributed by atoms with van der Waals surface area (Å²) in [6.07, 6.45) is 15.3.